The Morgan fingerprint density at radius 3 is 1.63 bits per heavy atom. The van der Waals surface area contributed by atoms with Crippen molar-refractivity contribution in [3.05, 3.63) is 120 Å². The maximum Gasteiger partial charge on any atom is 0.511 e. The molecule has 1 aliphatic heterocycles. The smallest absolute Gasteiger partial charge is 0.428 e. The van der Waals surface area contributed by atoms with Gasteiger partial charge in [-0.1, -0.05) is 0 Å². The fourth-order valence-electron chi connectivity index (χ4n) is 6.46. The molecule has 0 atom stereocenters. The van der Waals surface area contributed by atoms with Crippen molar-refractivity contribution >= 4 is 29.2 Å². The minimum absolute atomic E-state index is 0.0397. The normalized spacial score (nSPS) is 13.9. The van der Waals surface area contributed by atoms with Crippen molar-refractivity contribution in [3.63, 3.8) is 0 Å². The van der Waals surface area contributed by atoms with Gasteiger partial charge in [-0.15, -0.1) is 0 Å². The summed E-state index contributed by atoms with van der Waals surface area (Å²) in [6.45, 7) is 3.87. The third kappa shape index (κ3) is 12.1. The summed E-state index contributed by atoms with van der Waals surface area (Å²) in [4.78, 5) is 56.5. The van der Waals surface area contributed by atoms with Crippen molar-refractivity contribution in [1.29, 1.82) is 0 Å². The van der Waals surface area contributed by atoms with E-state index in [1.807, 2.05) is 7.05 Å². The first kappa shape index (κ1) is 38.3. The molecule has 1 saturated heterocycles. The summed E-state index contributed by atoms with van der Waals surface area (Å²) in [6.07, 6.45) is 2.98. The van der Waals surface area contributed by atoms with E-state index in [1.54, 1.807) is 36.4 Å². The number of non-ortho nitro benzene ring substituents is 3. The second-order valence-electron chi connectivity index (χ2n) is 13.1. The van der Waals surface area contributed by atoms with Gasteiger partial charge >= 0.3 is 12.1 Å². The Hall–Kier alpha value is -5.48. The summed E-state index contributed by atoms with van der Waals surface area (Å²) in [5.74, 6) is -0.510. The number of rotatable bonds is 18. The molecule has 0 bridgehead atoms. The molecule has 51 heavy (non-hydrogen) atoms. The first-order valence-corrected chi connectivity index (χ1v) is 16.7. The Labute approximate surface area is 294 Å². The number of nitro groups is 3. The number of likely N-dealkylation sites (N-methyl/N-ethyl adjacent to an activating group) is 1. The van der Waals surface area contributed by atoms with Crippen LogP contribution in [0.2, 0.25) is 0 Å². The van der Waals surface area contributed by atoms with E-state index < -0.39 is 33.7 Å². The monoisotopic (exact) mass is 709 g/mol. The zero-order valence-corrected chi connectivity index (χ0v) is 28.6. The predicted molar refractivity (Wildman–Crippen MR) is 183 cm³/mol. The highest BCUT2D eigenvalue weighted by Crippen LogP contribution is 2.25. The lowest BCUT2D eigenvalue weighted by atomic mass is 10.0. The van der Waals surface area contributed by atoms with Crippen LogP contribution in [0.4, 0.5) is 21.9 Å². The van der Waals surface area contributed by atoms with E-state index in [2.05, 4.69) is 0 Å². The minimum atomic E-state index is -1.01. The quantitative estimate of drug-likeness (QED) is 0.0481. The van der Waals surface area contributed by atoms with Gasteiger partial charge in [-0.2, -0.15) is 0 Å². The summed E-state index contributed by atoms with van der Waals surface area (Å²) < 4.78 is 16.4. The van der Waals surface area contributed by atoms with Crippen LogP contribution in [0.3, 0.4) is 0 Å². The number of hydrogen-bond donors (Lipinski definition) is 0. The van der Waals surface area contributed by atoms with Crippen LogP contribution in [-0.2, 0) is 38.6 Å². The summed E-state index contributed by atoms with van der Waals surface area (Å²) in [6, 6.07) is 18.9. The van der Waals surface area contributed by atoms with Gasteiger partial charge in [0.2, 0.25) is 6.79 Å². The van der Waals surface area contributed by atoms with Gasteiger partial charge in [-0.3, -0.25) is 35.1 Å². The minimum Gasteiger partial charge on any atom is -0.428 e. The zero-order chi connectivity index (χ0) is 36.9. The zero-order valence-electron chi connectivity index (χ0n) is 28.6. The Morgan fingerprint density at radius 1 is 0.686 bits per heavy atom. The second-order valence-corrected chi connectivity index (χ2v) is 13.1. The van der Waals surface area contributed by atoms with Crippen LogP contribution in [0.15, 0.2) is 72.8 Å². The largest absolute Gasteiger partial charge is 0.511 e. The molecule has 4 rings (SSSR count). The molecule has 3 aromatic carbocycles. The number of carbonyl (C=O) groups is 2. The number of piperidine rings is 1. The van der Waals surface area contributed by atoms with Gasteiger partial charge in [0.25, 0.3) is 17.1 Å². The fourth-order valence-corrected chi connectivity index (χ4v) is 6.46. The molecule has 0 radical (unpaired) electrons. The van der Waals surface area contributed by atoms with Crippen LogP contribution in [0.5, 0.6) is 0 Å². The molecule has 0 N–H and O–H groups in total. The number of ether oxygens (including phenoxy) is 3. The van der Waals surface area contributed by atoms with Gasteiger partial charge in [-0.25, -0.2) is 4.79 Å². The van der Waals surface area contributed by atoms with Crippen molar-refractivity contribution in [2.45, 2.75) is 51.7 Å². The number of benzene rings is 3. The number of hydrogen-bond acceptors (Lipinski definition) is 11. The molecule has 0 aliphatic carbocycles. The third-order valence-corrected chi connectivity index (χ3v) is 9.11. The topological polar surface area (TPSA) is 191 Å². The Bertz CT molecular complexity index is 1600. The van der Waals surface area contributed by atoms with Crippen molar-refractivity contribution in [2.75, 3.05) is 46.6 Å². The number of nitro benzene ring substituents is 3. The predicted octanol–water partition coefficient (Wildman–Crippen LogP) is 6.19. The molecule has 0 spiro atoms. The molecule has 0 aromatic heterocycles. The average Bonchev–Trinajstić information content (AvgIpc) is 3.09. The van der Waals surface area contributed by atoms with E-state index in [0.717, 1.165) is 66.6 Å². The standard InChI is InChI=1S/C35H43N5O11/c1-39(24-28-7-13-31(14-8-28)36(43)44,25-29-9-15-32(16-10-29)37(45)46)22-23-49-35(42)51-27-50-34(41)6-5-21-40(19-3-2-4-20-40)26-30-11-17-33(18-12-30)38(47)48/h7-18H,2-6,19-27H2,1H3/q+2. The molecule has 272 valence electrons. The van der Waals surface area contributed by atoms with Crippen LogP contribution >= 0.6 is 0 Å². The van der Waals surface area contributed by atoms with Gasteiger partial charge in [0.05, 0.1) is 47.9 Å². The molecule has 0 amide bonds. The highest BCUT2D eigenvalue weighted by atomic mass is 16.8. The highest BCUT2D eigenvalue weighted by Gasteiger charge is 2.30. The number of likely N-dealkylation sites (tertiary alicyclic amines) is 1. The third-order valence-electron chi connectivity index (χ3n) is 9.11. The van der Waals surface area contributed by atoms with Crippen molar-refractivity contribution in [1.82, 2.24) is 0 Å². The molecule has 0 unspecified atom stereocenters. The van der Waals surface area contributed by atoms with Crippen LogP contribution in [0.25, 0.3) is 0 Å². The van der Waals surface area contributed by atoms with Crippen LogP contribution in [-0.4, -0.2) is 82.5 Å². The average molecular weight is 710 g/mol. The molecule has 16 heteroatoms. The first-order valence-electron chi connectivity index (χ1n) is 16.7. The van der Waals surface area contributed by atoms with Crippen LogP contribution in [0.1, 0.15) is 48.8 Å². The van der Waals surface area contributed by atoms with Gasteiger partial charge in [0.15, 0.2) is 0 Å². The first-order chi connectivity index (χ1) is 24.4. The number of carbonyl (C=O) groups excluding carboxylic acids is 2. The van der Waals surface area contributed by atoms with Crippen LogP contribution in [0, 0.1) is 30.3 Å². The van der Waals surface area contributed by atoms with E-state index in [0.29, 0.717) is 30.5 Å². The Kier molecular flexibility index (Phi) is 13.5. The summed E-state index contributed by atoms with van der Waals surface area (Å²) >= 11 is 0. The Morgan fingerprint density at radius 2 is 1.16 bits per heavy atom. The maximum absolute atomic E-state index is 12.4. The van der Waals surface area contributed by atoms with E-state index in [4.69, 9.17) is 14.2 Å². The number of nitrogens with zero attached hydrogens (tertiary/aromatic N) is 5. The van der Waals surface area contributed by atoms with Crippen LogP contribution < -0.4 is 0 Å². The summed E-state index contributed by atoms with van der Waals surface area (Å²) in [7, 11) is 1.90. The lowest BCUT2D eigenvalue weighted by Gasteiger charge is -2.41. The van der Waals surface area contributed by atoms with Crippen molar-refractivity contribution in [3.8, 4) is 0 Å². The van der Waals surface area contributed by atoms with Gasteiger partial charge < -0.3 is 23.2 Å². The summed E-state index contributed by atoms with van der Waals surface area (Å²) in [5.41, 5.74) is 2.59. The fraction of sp³-hybridized carbons (Fsp3) is 0.429. The Balaban J connectivity index is 1.22. The number of esters is 1. The van der Waals surface area contributed by atoms with Crippen molar-refractivity contribution < 1.29 is 47.5 Å². The molecule has 16 nitrogen and oxygen atoms in total. The molecule has 3 aromatic rings. The maximum atomic E-state index is 12.4. The van der Waals surface area contributed by atoms with Gasteiger partial charge in [-0.05, 0) is 55.7 Å². The molecular formula is C35H43N5O11+2. The van der Waals surface area contributed by atoms with E-state index >= 15 is 0 Å². The molecule has 0 saturated carbocycles. The van der Waals surface area contributed by atoms with E-state index in [1.165, 1.54) is 36.4 Å². The number of quaternary nitrogens is 2. The van der Waals surface area contributed by atoms with E-state index in [9.17, 15) is 39.9 Å². The van der Waals surface area contributed by atoms with Gasteiger partial charge in [0.1, 0.15) is 32.8 Å². The second kappa shape index (κ2) is 18.0. The lowest BCUT2D eigenvalue weighted by Crippen LogP contribution is -2.51. The van der Waals surface area contributed by atoms with Gasteiger partial charge in [0, 0.05) is 59.5 Å². The van der Waals surface area contributed by atoms with Crippen molar-refractivity contribution in [2.24, 2.45) is 0 Å². The summed E-state index contributed by atoms with van der Waals surface area (Å²) in [5, 5.41) is 33.2. The SMILES string of the molecule is C[N+](CCOC(=O)OCOC(=O)CCC[N+]1(Cc2ccc([N+](=O)[O-])cc2)CCCCC1)(Cc1ccc([N+](=O)[O-])cc1)Cc1ccc([N+](=O)[O-])cc1. The lowest BCUT2D eigenvalue weighted by molar-refractivity contribution is -0.945. The van der Waals surface area contributed by atoms with E-state index in [-0.39, 0.29) is 30.1 Å². The molecule has 1 aliphatic rings. The molecular weight excluding hydrogens is 666 g/mol. The molecule has 1 fully saturated rings. The molecule has 1 heterocycles. The highest BCUT2D eigenvalue weighted by molar-refractivity contribution is 5.69.